The predicted octanol–water partition coefficient (Wildman–Crippen LogP) is 1.69. The minimum absolute atomic E-state index is 0.00134. The molecule has 3 N–H and O–H groups in total. The average Bonchev–Trinajstić information content (AvgIpc) is 3.34. The Bertz CT molecular complexity index is 913. The van der Waals surface area contributed by atoms with E-state index in [0.29, 0.717) is 18.5 Å². The number of sulfonamides is 1. The van der Waals surface area contributed by atoms with Gasteiger partial charge in [0.1, 0.15) is 11.5 Å². The zero-order valence-electron chi connectivity index (χ0n) is 12.6. The first-order valence-corrected chi connectivity index (χ1v) is 9.07. The van der Waals surface area contributed by atoms with Crippen molar-refractivity contribution < 1.29 is 22.6 Å². The summed E-state index contributed by atoms with van der Waals surface area (Å²) < 4.78 is 43.9. The highest BCUT2D eigenvalue weighted by Gasteiger charge is 2.35. The summed E-state index contributed by atoms with van der Waals surface area (Å²) in [6, 6.07) is 3.78. The molecule has 1 aromatic carbocycles. The first-order valence-electron chi connectivity index (χ1n) is 7.15. The molecule has 0 unspecified atom stereocenters. The molecule has 1 saturated carbocycles. The van der Waals surface area contributed by atoms with E-state index in [9.17, 15) is 18.0 Å². The molecule has 12 heteroatoms. The van der Waals surface area contributed by atoms with Crippen molar-refractivity contribution in [1.82, 2.24) is 15.0 Å². The third-order valence-electron chi connectivity index (χ3n) is 3.47. The molecule has 0 spiro atoms. The van der Waals surface area contributed by atoms with E-state index in [1.54, 1.807) is 0 Å². The fourth-order valence-electron chi connectivity index (χ4n) is 2.01. The second-order valence-electron chi connectivity index (χ2n) is 5.33. The van der Waals surface area contributed by atoms with Crippen molar-refractivity contribution in [3.05, 3.63) is 40.4 Å². The van der Waals surface area contributed by atoms with Gasteiger partial charge in [0.15, 0.2) is 5.69 Å². The van der Waals surface area contributed by atoms with Crippen LogP contribution < -0.4 is 10.0 Å². The Balaban J connectivity index is 1.75. The number of hydrogen-bond acceptors (Lipinski definition) is 7. The van der Waals surface area contributed by atoms with Gasteiger partial charge >= 0.3 is 0 Å². The molecular formula is C13H13ClFN5O4S. The Kier molecular flexibility index (Phi) is 4.88. The maximum absolute atomic E-state index is 13.2. The van der Waals surface area contributed by atoms with Crippen LogP contribution in [0.1, 0.15) is 24.2 Å². The summed E-state index contributed by atoms with van der Waals surface area (Å²) >= 11 is 5.69. The number of benzene rings is 1. The quantitative estimate of drug-likeness (QED) is 0.296. The summed E-state index contributed by atoms with van der Waals surface area (Å²) in [5.41, 5.74) is 0.450. The molecule has 3 rings (SSSR count). The summed E-state index contributed by atoms with van der Waals surface area (Å²) in [4.78, 5) is 0. The highest BCUT2D eigenvalue weighted by atomic mass is 35.5. The fourth-order valence-corrected chi connectivity index (χ4v) is 3.52. The second-order valence-corrected chi connectivity index (χ2v) is 7.78. The van der Waals surface area contributed by atoms with Crippen LogP contribution in [-0.4, -0.2) is 35.0 Å². The van der Waals surface area contributed by atoms with E-state index in [4.69, 9.17) is 11.6 Å². The normalized spacial score (nSPS) is 15.4. The van der Waals surface area contributed by atoms with E-state index in [1.807, 2.05) is 0 Å². The Morgan fingerprint density at radius 3 is 2.84 bits per heavy atom. The number of hydrogen-bond donors (Lipinski definition) is 3. The lowest BCUT2D eigenvalue weighted by Crippen LogP contribution is -2.28. The van der Waals surface area contributed by atoms with Crippen LogP contribution in [0.5, 0.6) is 0 Å². The molecule has 1 aliphatic carbocycles. The van der Waals surface area contributed by atoms with Gasteiger partial charge in [0.2, 0.25) is 15.9 Å². The minimum atomic E-state index is -3.42. The van der Waals surface area contributed by atoms with E-state index >= 15 is 0 Å². The van der Waals surface area contributed by atoms with E-state index < -0.39 is 15.8 Å². The summed E-state index contributed by atoms with van der Waals surface area (Å²) in [7, 11) is -3.42. The van der Waals surface area contributed by atoms with Crippen molar-refractivity contribution in [1.29, 1.82) is 0 Å². The van der Waals surface area contributed by atoms with Gasteiger partial charge in [0, 0.05) is 5.69 Å². The van der Waals surface area contributed by atoms with Gasteiger partial charge in [0.25, 0.3) is 0 Å². The lowest BCUT2D eigenvalue weighted by atomic mass is 10.2. The number of nitrogens with one attached hydrogen (secondary N) is 2. The molecular weight excluding hydrogens is 377 g/mol. The van der Waals surface area contributed by atoms with Gasteiger partial charge in [-0.05, 0) is 36.2 Å². The van der Waals surface area contributed by atoms with Crippen LogP contribution in [0.15, 0.2) is 28.0 Å². The Hall–Kier alpha value is -2.24. The highest BCUT2D eigenvalue weighted by molar-refractivity contribution is 7.90. The topological polar surface area (TPSA) is 130 Å². The van der Waals surface area contributed by atoms with Crippen LogP contribution in [0, 0.1) is 5.82 Å². The Morgan fingerprint density at radius 2 is 2.20 bits per heavy atom. The zero-order chi connectivity index (χ0) is 18.0. The minimum Gasteiger partial charge on any atom is -0.409 e. The van der Waals surface area contributed by atoms with Gasteiger partial charge < -0.3 is 10.5 Å². The maximum atomic E-state index is 13.2. The number of anilines is 1. The van der Waals surface area contributed by atoms with E-state index in [0.717, 1.165) is 6.07 Å². The van der Waals surface area contributed by atoms with Crippen molar-refractivity contribution in [2.24, 2.45) is 5.16 Å². The van der Waals surface area contributed by atoms with Crippen molar-refractivity contribution in [3.8, 4) is 0 Å². The third kappa shape index (κ3) is 4.06. The molecule has 134 valence electrons. The molecule has 0 amide bonds. The first kappa shape index (κ1) is 17.6. The van der Waals surface area contributed by atoms with Crippen molar-refractivity contribution in [2.45, 2.75) is 24.6 Å². The molecule has 1 aromatic heterocycles. The van der Waals surface area contributed by atoms with Crippen LogP contribution >= 0.6 is 11.6 Å². The zero-order valence-corrected chi connectivity index (χ0v) is 14.2. The Morgan fingerprint density at radius 1 is 1.44 bits per heavy atom. The summed E-state index contributed by atoms with van der Waals surface area (Å²) in [6.45, 7) is -0.178. The Labute approximate surface area is 146 Å². The summed E-state index contributed by atoms with van der Waals surface area (Å²) in [5, 5.41) is 21.6. The number of halogens is 2. The first-order chi connectivity index (χ1) is 11.9. The number of nitrogens with zero attached hydrogens (tertiary/aromatic N) is 3. The van der Waals surface area contributed by atoms with E-state index in [1.165, 1.54) is 12.1 Å². The lowest BCUT2D eigenvalue weighted by Gasteiger charge is -2.08. The molecule has 0 aliphatic heterocycles. The SMILES string of the molecule is O=S(=O)(NCc1nonc1/C(=N/O)Nc1ccc(F)c(Cl)c1)C1CC1. The van der Waals surface area contributed by atoms with Crippen LogP contribution in [0.3, 0.4) is 0 Å². The van der Waals surface area contributed by atoms with Crippen LogP contribution in [-0.2, 0) is 16.6 Å². The molecule has 1 aliphatic rings. The molecule has 9 nitrogen and oxygen atoms in total. The van der Waals surface area contributed by atoms with Crippen molar-refractivity contribution in [3.63, 3.8) is 0 Å². The summed E-state index contributed by atoms with van der Waals surface area (Å²) in [5.74, 6) is -0.766. The van der Waals surface area contributed by atoms with Crippen LogP contribution in [0.25, 0.3) is 0 Å². The molecule has 1 fully saturated rings. The number of oxime groups is 1. The smallest absolute Gasteiger partial charge is 0.214 e. The number of rotatable bonds is 6. The highest BCUT2D eigenvalue weighted by Crippen LogP contribution is 2.27. The number of aromatic nitrogens is 2. The molecule has 0 atom stereocenters. The molecule has 0 radical (unpaired) electrons. The van der Waals surface area contributed by atoms with Gasteiger partial charge in [-0.3, -0.25) is 0 Å². The van der Waals surface area contributed by atoms with Gasteiger partial charge in [-0.15, -0.1) is 0 Å². The number of amidine groups is 1. The largest absolute Gasteiger partial charge is 0.409 e. The van der Waals surface area contributed by atoms with E-state index in [-0.39, 0.29) is 34.0 Å². The second kappa shape index (κ2) is 6.94. The molecule has 2 aromatic rings. The summed E-state index contributed by atoms with van der Waals surface area (Å²) in [6.07, 6.45) is 1.24. The molecule has 1 heterocycles. The van der Waals surface area contributed by atoms with Gasteiger partial charge in [0.05, 0.1) is 16.8 Å². The molecule has 25 heavy (non-hydrogen) atoms. The molecule has 0 bridgehead atoms. The van der Waals surface area contributed by atoms with Crippen LogP contribution in [0.2, 0.25) is 5.02 Å². The average molecular weight is 390 g/mol. The van der Waals surface area contributed by atoms with Crippen LogP contribution in [0.4, 0.5) is 10.1 Å². The third-order valence-corrected chi connectivity index (χ3v) is 5.65. The lowest BCUT2D eigenvalue weighted by molar-refractivity contribution is 0.300. The van der Waals surface area contributed by atoms with Crippen molar-refractivity contribution >= 4 is 33.1 Å². The standard InChI is InChI=1S/C13H13ClFN5O4S/c14-9-5-7(1-4-10(9)15)17-13(18-21)12-11(19-24-20-12)6-16-25(22,23)8-2-3-8/h1,4-5,8,16,21H,2-3,6H2,(H,17,18). The van der Waals surface area contributed by atoms with Crippen molar-refractivity contribution in [2.75, 3.05) is 5.32 Å². The van der Waals surface area contributed by atoms with E-state index in [2.05, 4.69) is 30.1 Å². The van der Waals surface area contributed by atoms with Gasteiger partial charge in [-0.1, -0.05) is 21.9 Å². The van der Waals surface area contributed by atoms with Gasteiger partial charge in [-0.2, -0.15) is 0 Å². The fraction of sp³-hybridized carbons (Fsp3) is 0.308. The maximum Gasteiger partial charge on any atom is 0.214 e. The monoisotopic (exact) mass is 389 g/mol. The van der Waals surface area contributed by atoms with Gasteiger partial charge in [-0.25, -0.2) is 22.2 Å². The molecule has 0 saturated heterocycles. The predicted molar refractivity (Wildman–Crippen MR) is 86.4 cm³/mol.